The summed E-state index contributed by atoms with van der Waals surface area (Å²) in [6.45, 7) is 6.36. The molecule has 0 unspecified atom stereocenters. The highest BCUT2D eigenvalue weighted by molar-refractivity contribution is 5.95. The molecule has 6 heteroatoms. The van der Waals surface area contributed by atoms with E-state index in [-0.39, 0.29) is 0 Å². The smallest absolute Gasteiger partial charge is 0.128 e. The van der Waals surface area contributed by atoms with Crippen molar-refractivity contribution in [2.75, 3.05) is 23.3 Å². The minimum absolute atomic E-state index is 0.726. The van der Waals surface area contributed by atoms with Gasteiger partial charge in [0.25, 0.3) is 0 Å². The number of H-pyrrole nitrogens is 1. The van der Waals surface area contributed by atoms with E-state index in [0.717, 1.165) is 58.0 Å². The Morgan fingerprint density at radius 1 is 1.03 bits per heavy atom. The predicted molar refractivity (Wildman–Crippen MR) is 118 cm³/mol. The Hall–Kier alpha value is -3.67. The van der Waals surface area contributed by atoms with Gasteiger partial charge in [0.2, 0.25) is 0 Å². The molecule has 1 aliphatic rings. The number of aromatic amines is 1. The first kappa shape index (κ1) is 17.4. The minimum atomic E-state index is 0.726. The standard InChI is InChI=1S/C23H22N6/c1-16(26-19-5-4-10-24-15-19)23-20-13-17(6-8-21(20)27-28-23)18-7-9-22(25-14-18)29-11-2-3-12-29/h4-10,13-15,26H,1-3,11-12H2,(H,27,28). The molecule has 0 amide bonds. The molecule has 1 fully saturated rings. The van der Waals surface area contributed by atoms with Gasteiger partial charge < -0.3 is 10.2 Å². The highest BCUT2D eigenvalue weighted by atomic mass is 15.2. The fraction of sp³-hybridized carbons (Fsp3) is 0.174. The zero-order chi connectivity index (χ0) is 19.6. The molecule has 0 radical (unpaired) electrons. The molecule has 0 aliphatic carbocycles. The molecule has 4 heterocycles. The van der Waals surface area contributed by atoms with E-state index < -0.39 is 0 Å². The second kappa shape index (κ2) is 7.39. The van der Waals surface area contributed by atoms with Crippen LogP contribution in [0.5, 0.6) is 0 Å². The van der Waals surface area contributed by atoms with Crippen LogP contribution in [0.25, 0.3) is 27.7 Å². The van der Waals surface area contributed by atoms with Gasteiger partial charge in [0.05, 0.1) is 23.1 Å². The lowest BCUT2D eigenvalue weighted by Gasteiger charge is -2.16. The van der Waals surface area contributed by atoms with Crippen LogP contribution in [-0.2, 0) is 0 Å². The van der Waals surface area contributed by atoms with E-state index in [2.05, 4.69) is 61.2 Å². The predicted octanol–water partition coefficient (Wildman–Crippen LogP) is 4.70. The van der Waals surface area contributed by atoms with E-state index in [0.29, 0.717) is 0 Å². The summed E-state index contributed by atoms with van der Waals surface area (Å²) in [7, 11) is 0. The van der Waals surface area contributed by atoms with Gasteiger partial charge in [-0.15, -0.1) is 0 Å². The van der Waals surface area contributed by atoms with Gasteiger partial charge in [-0.05, 0) is 54.8 Å². The number of nitrogens with one attached hydrogen (secondary N) is 2. The fourth-order valence-electron chi connectivity index (χ4n) is 3.78. The Labute approximate surface area is 169 Å². The van der Waals surface area contributed by atoms with Crippen LogP contribution in [0.2, 0.25) is 0 Å². The Bertz CT molecular complexity index is 1140. The van der Waals surface area contributed by atoms with Crippen LogP contribution < -0.4 is 10.2 Å². The van der Waals surface area contributed by atoms with E-state index >= 15 is 0 Å². The summed E-state index contributed by atoms with van der Waals surface area (Å²) < 4.78 is 0. The third kappa shape index (κ3) is 3.45. The average Bonchev–Trinajstić information content (AvgIpc) is 3.44. The van der Waals surface area contributed by atoms with Gasteiger partial charge in [-0.1, -0.05) is 12.6 Å². The topological polar surface area (TPSA) is 69.7 Å². The molecular formula is C23H22N6. The van der Waals surface area contributed by atoms with E-state index in [9.17, 15) is 0 Å². The van der Waals surface area contributed by atoms with Crippen molar-refractivity contribution in [3.63, 3.8) is 0 Å². The number of fused-ring (bicyclic) bond motifs is 1. The van der Waals surface area contributed by atoms with E-state index in [1.807, 2.05) is 24.4 Å². The first-order chi connectivity index (χ1) is 14.3. The molecule has 144 valence electrons. The molecule has 2 N–H and O–H groups in total. The average molecular weight is 382 g/mol. The van der Waals surface area contributed by atoms with Crippen LogP contribution in [0, 0.1) is 0 Å². The summed E-state index contributed by atoms with van der Waals surface area (Å²) >= 11 is 0. The van der Waals surface area contributed by atoms with Gasteiger partial charge in [-0.25, -0.2) is 4.98 Å². The number of anilines is 2. The molecule has 1 aromatic carbocycles. The maximum Gasteiger partial charge on any atom is 0.128 e. The van der Waals surface area contributed by atoms with Crippen LogP contribution >= 0.6 is 0 Å². The Kier molecular flexibility index (Phi) is 4.44. The van der Waals surface area contributed by atoms with Crippen LogP contribution in [0.1, 0.15) is 18.5 Å². The molecule has 5 rings (SSSR count). The van der Waals surface area contributed by atoms with Gasteiger partial charge in [0, 0.05) is 36.4 Å². The van der Waals surface area contributed by atoms with Gasteiger partial charge in [-0.3, -0.25) is 10.1 Å². The van der Waals surface area contributed by atoms with E-state index in [1.165, 1.54) is 12.8 Å². The Morgan fingerprint density at radius 3 is 2.66 bits per heavy atom. The molecule has 0 bridgehead atoms. The monoisotopic (exact) mass is 382 g/mol. The number of aromatic nitrogens is 4. The lowest BCUT2D eigenvalue weighted by Crippen LogP contribution is -2.18. The Morgan fingerprint density at radius 2 is 1.90 bits per heavy atom. The van der Waals surface area contributed by atoms with Crippen molar-refractivity contribution in [2.24, 2.45) is 0 Å². The minimum Gasteiger partial charge on any atom is -0.357 e. The van der Waals surface area contributed by atoms with Crippen LogP contribution in [-0.4, -0.2) is 33.3 Å². The summed E-state index contributed by atoms with van der Waals surface area (Å²) in [5.74, 6) is 1.06. The van der Waals surface area contributed by atoms with Gasteiger partial charge in [0.15, 0.2) is 0 Å². The summed E-state index contributed by atoms with van der Waals surface area (Å²) in [5.41, 5.74) is 5.57. The van der Waals surface area contributed by atoms with Crippen molar-refractivity contribution < 1.29 is 0 Å². The van der Waals surface area contributed by atoms with Crippen molar-refractivity contribution in [3.8, 4) is 11.1 Å². The maximum atomic E-state index is 4.68. The third-order valence-corrected chi connectivity index (χ3v) is 5.32. The zero-order valence-corrected chi connectivity index (χ0v) is 16.1. The highest BCUT2D eigenvalue weighted by Crippen LogP contribution is 2.29. The SMILES string of the molecule is C=C(Nc1cccnc1)c1n[nH]c2ccc(-c3ccc(N4CCCC4)nc3)cc12. The van der Waals surface area contributed by atoms with E-state index in [4.69, 9.17) is 0 Å². The molecule has 1 aliphatic heterocycles. The first-order valence-electron chi connectivity index (χ1n) is 9.84. The summed E-state index contributed by atoms with van der Waals surface area (Å²) in [5, 5.41) is 11.9. The zero-order valence-electron chi connectivity index (χ0n) is 16.1. The van der Waals surface area contributed by atoms with Crippen LogP contribution in [0.15, 0.2) is 67.6 Å². The highest BCUT2D eigenvalue weighted by Gasteiger charge is 2.14. The van der Waals surface area contributed by atoms with Crippen LogP contribution in [0.4, 0.5) is 11.5 Å². The number of pyridine rings is 2. The van der Waals surface area contributed by atoms with Crippen molar-refractivity contribution >= 4 is 28.1 Å². The molecule has 6 nitrogen and oxygen atoms in total. The summed E-state index contributed by atoms with van der Waals surface area (Å²) in [6.07, 6.45) is 7.96. The molecule has 1 saturated heterocycles. The normalized spacial score (nSPS) is 13.7. The quantitative estimate of drug-likeness (QED) is 0.523. The number of nitrogens with zero attached hydrogens (tertiary/aromatic N) is 4. The Balaban J connectivity index is 1.44. The third-order valence-electron chi connectivity index (χ3n) is 5.32. The second-order valence-corrected chi connectivity index (χ2v) is 7.28. The van der Waals surface area contributed by atoms with Crippen molar-refractivity contribution in [1.82, 2.24) is 20.2 Å². The fourth-order valence-corrected chi connectivity index (χ4v) is 3.78. The number of hydrogen-bond acceptors (Lipinski definition) is 5. The molecule has 29 heavy (non-hydrogen) atoms. The van der Waals surface area contributed by atoms with Gasteiger partial charge >= 0.3 is 0 Å². The van der Waals surface area contributed by atoms with Crippen molar-refractivity contribution in [1.29, 1.82) is 0 Å². The lowest BCUT2D eigenvalue weighted by atomic mass is 10.0. The summed E-state index contributed by atoms with van der Waals surface area (Å²) in [6, 6.07) is 14.4. The second-order valence-electron chi connectivity index (χ2n) is 7.28. The number of hydrogen-bond donors (Lipinski definition) is 2. The lowest BCUT2D eigenvalue weighted by molar-refractivity contribution is 0.938. The van der Waals surface area contributed by atoms with Gasteiger partial charge in [-0.2, -0.15) is 5.10 Å². The summed E-state index contributed by atoms with van der Waals surface area (Å²) in [4.78, 5) is 11.2. The molecule has 0 saturated carbocycles. The van der Waals surface area contributed by atoms with Crippen LogP contribution in [0.3, 0.4) is 0 Å². The maximum absolute atomic E-state index is 4.68. The first-order valence-corrected chi connectivity index (χ1v) is 9.84. The van der Waals surface area contributed by atoms with E-state index in [1.54, 1.807) is 12.4 Å². The number of benzene rings is 1. The molecule has 4 aromatic rings. The number of rotatable bonds is 5. The molecule has 0 atom stereocenters. The largest absolute Gasteiger partial charge is 0.357 e. The van der Waals surface area contributed by atoms with Crippen molar-refractivity contribution in [3.05, 3.63) is 73.3 Å². The van der Waals surface area contributed by atoms with Crippen molar-refractivity contribution in [2.45, 2.75) is 12.8 Å². The van der Waals surface area contributed by atoms with Gasteiger partial charge in [0.1, 0.15) is 11.5 Å². The molecular weight excluding hydrogens is 360 g/mol. The molecule has 3 aromatic heterocycles. The molecule has 0 spiro atoms.